The molecule has 0 saturated heterocycles. The van der Waals surface area contributed by atoms with Crippen LogP contribution in [0.3, 0.4) is 0 Å². The highest BCUT2D eigenvalue weighted by Crippen LogP contribution is 2.44. The Kier molecular flexibility index (Phi) is 5.98. The second-order valence-electron chi connectivity index (χ2n) is 8.32. The Morgan fingerprint density at radius 2 is 1.45 bits per heavy atom. The Morgan fingerprint density at radius 3 is 2.13 bits per heavy atom. The largest absolute Gasteiger partial charge is 0.0985 e. The van der Waals surface area contributed by atoms with Crippen LogP contribution in [0.5, 0.6) is 0 Å². The average molecular weight is 467 g/mol. The summed E-state index contributed by atoms with van der Waals surface area (Å²) >= 11 is 3.57. The quantitative estimate of drug-likeness (QED) is 0.258. The topological polar surface area (TPSA) is 0 Å². The van der Waals surface area contributed by atoms with Crippen LogP contribution in [0.2, 0.25) is 0 Å². The van der Waals surface area contributed by atoms with E-state index in [0.29, 0.717) is 0 Å². The van der Waals surface area contributed by atoms with Gasteiger partial charge in [0.1, 0.15) is 0 Å². The predicted molar refractivity (Wildman–Crippen MR) is 138 cm³/mol. The Labute approximate surface area is 194 Å². The van der Waals surface area contributed by atoms with Crippen LogP contribution in [0, 0.1) is 13.8 Å². The molecule has 4 aromatic carbocycles. The van der Waals surface area contributed by atoms with Crippen LogP contribution in [-0.4, -0.2) is 0 Å². The number of aryl methyl sites for hydroxylation is 2. The second-order valence-corrected chi connectivity index (χ2v) is 9.24. The maximum Gasteiger partial charge on any atom is 0.0432 e. The van der Waals surface area contributed by atoms with E-state index in [9.17, 15) is 0 Å². The zero-order chi connectivity index (χ0) is 22.0. The average Bonchev–Trinajstić information content (AvgIpc) is 2.81. The Bertz CT molecular complexity index is 1220. The van der Waals surface area contributed by atoms with E-state index in [-0.39, 0.29) is 5.41 Å². The number of rotatable bonds is 5. The lowest BCUT2D eigenvalue weighted by Gasteiger charge is -2.35. The highest BCUT2D eigenvalue weighted by molar-refractivity contribution is 9.10. The third-order valence-electron chi connectivity index (χ3n) is 6.28. The molecule has 0 aliphatic rings. The van der Waals surface area contributed by atoms with E-state index in [2.05, 4.69) is 134 Å². The highest BCUT2D eigenvalue weighted by atomic mass is 79.9. The standard InChI is InChI=1S/C30H27Br/c1-5-23-12-16-25(17-13-23)30(4,29-20-21(2)10-11-22(29)3)28-9-7-6-8-27(28)24-14-18-26(31)19-15-24/h5-20H,1H2,2-4H3. The molecule has 0 radical (unpaired) electrons. The van der Waals surface area contributed by atoms with Gasteiger partial charge in [0.2, 0.25) is 0 Å². The van der Waals surface area contributed by atoms with Crippen LogP contribution >= 0.6 is 15.9 Å². The molecular weight excluding hydrogens is 440 g/mol. The summed E-state index contributed by atoms with van der Waals surface area (Å²) in [7, 11) is 0. The summed E-state index contributed by atoms with van der Waals surface area (Å²) in [6, 6.07) is 33.0. The van der Waals surface area contributed by atoms with Crippen molar-refractivity contribution in [2.24, 2.45) is 0 Å². The summed E-state index contributed by atoms with van der Waals surface area (Å²) in [6.45, 7) is 10.7. The van der Waals surface area contributed by atoms with Gasteiger partial charge in [0.15, 0.2) is 0 Å². The van der Waals surface area contributed by atoms with Crippen molar-refractivity contribution >= 4 is 22.0 Å². The molecule has 0 aliphatic carbocycles. The first kappa shape index (κ1) is 21.3. The monoisotopic (exact) mass is 466 g/mol. The molecule has 0 aliphatic heterocycles. The van der Waals surface area contributed by atoms with Gasteiger partial charge in [-0.15, -0.1) is 0 Å². The van der Waals surface area contributed by atoms with Crippen LogP contribution in [0.15, 0.2) is 102 Å². The molecule has 0 nitrogen and oxygen atoms in total. The Balaban J connectivity index is 2.03. The van der Waals surface area contributed by atoms with E-state index in [1.54, 1.807) is 0 Å². The van der Waals surface area contributed by atoms with Gasteiger partial charge in [-0.1, -0.05) is 113 Å². The third-order valence-corrected chi connectivity index (χ3v) is 6.81. The van der Waals surface area contributed by atoms with Gasteiger partial charge in [-0.2, -0.15) is 0 Å². The van der Waals surface area contributed by atoms with Crippen molar-refractivity contribution in [3.8, 4) is 11.1 Å². The van der Waals surface area contributed by atoms with E-state index in [0.717, 1.165) is 10.0 Å². The van der Waals surface area contributed by atoms with E-state index in [1.807, 2.05) is 6.08 Å². The molecular formula is C30H27Br. The molecule has 0 N–H and O–H groups in total. The normalized spacial score (nSPS) is 12.9. The Morgan fingerprint density at radius 1 is 0.774 bits per heavy atom. The summed E-state index contributed by atoms with van der Waals surface area (Å²) in [5.41, 5.74) is 9.79. The lowest BCUT2D eigenvalue weighted by atomic mass is 9.67. The number of benzene rings is 4. The van der Waals surface area contributed by atoms with Crippen molar-refractivity contribution in [1.82, 2.24) is 0 Å². The van der Waals surface area contributed by atoms with Crippen molar-refractivity contribution in [1.29, 1.82) is 0 Å². The van der Waals surface area contributed by atoms with Gasteiger partial charge < -0.3 is 0 Å². The smallest absolute Gasteiger partial charge is 0.0432 e. The van der Waals surface area contributed by atoms with Crippen molar-refractivity contribution in [2.75, 3.05) is 0 Å². The van der Waals surface area contributed by atoms with Crippen LogP contribution in [0.4, 0.5) is 0 Å². The molecule has 0 saturated carbocycles. The molecule has 4 rings (SSSR count). The first-order valence-corrected chi connectivity index (χ1v) is 11.4. The first-order chi connectivity index (χ1) is 14.9. The van der Waals surface area contributed by atoms with Crippen LogP contribution in [0.25, 0.3) is 17.2 Å². The highest BCUT2D eigenvalue weighted by Gasteiger charge is 2.34. The molecule has 4 aromatic rings. The summed E-state index contributed by atoms with van der Waals surface area (Å²) in [6.07, 6.45) is 1.90. The van der Waals surface area contributed by atoms with Crippen molar-refractivity contribution in [2.45, 2.75) is 26.2 Å². The molecule has 0 bridgehead atoms. The lowest BCUT2D eigenvalue weighted by Crippen LogP contribution is -2.27. The van der Waals surface area contributed by atoms with Gasteiger partial charge in [-0.3, -0.25) is 0 Å². The SMILES string of the molecule is C=Cc1ccc(C(C)(c2cc(C)ccc2C)c2ccccc2-c2ccc(Br)cc2)cc1. The second kappa shape index (κ2) is 8.69. The molecule has 0 spiro atoms. The van der Waals surface area contributed by atoms with E-state index >= 15 is 0 Å². The minimum Gasteiger partial charge on any atom is -0.0985 e. The minimum absolute atomic E-state index is 0.306. The van der Waals surface area contributed by atoms with E-state index in [4.69, 9.17) is 0 Å². The molecule has 31 heavy (non-hydrogen) atoms. The van der Waals surface area contributed by atoms with Crippen molar-refractivity contribution in [3.05, 3.63) is 135 Å². The zero-order valence-electron chi connectivity index (χ0n) is 18.3. The van der Waals surface area contributed by atoms with Gasteiger partial charge in [0.05, 0.1) is 0 Å². The predicted octanol–water partition coefficient (Wildman–Crippen LogP) is 8.73. The molecule has 0 heterocycles. The summed E-state index contributed by atoms with van der Waals surface area (Å²) < 4.78 is 1.09. The van der Waals surface area contributed by atoms with Crippen molar-refractivity contribution < 1.29 is 0 Å². The first-order valence-electron chi connectivity index (χ1n) is 10.6. The molecule has 0 fully saturated rings. The van der Waals surface area contributed by atoms with Crippen LogP contribution in [-0.2, 0) is 5.41 Å². The number of hydrogen-bond acceptors (Lipinski definition) is 0. The fraction of sp³-hybridized carbons (Fsp3) is 0.133. The van der Waals surface area contributed by atoms with Gasteiger partial charge in [-0.25, -0.2) is 0 Å². The zero-order valence-corrected chi connectivity index (χ0v) is 19.9. The molecule has 1 atom stereocenters. The lowest BCUT2D eigenvalue weighted by molar-refractivity contribution is 0.688. The van der Waals surface area contributed by atoms with Crippen molar-refractivity contribution in [3.63, 3.8) is 0 Å². The fourth-order valence-electron chi connectivity index (χ4n) is 4.48. The van der Waals surface area contributed by atoms with Gasteiger partial charge in [-0.05, 0) is 71.8 Å². The number of halogens is 1. The molecule has 0 aromatic heterocycles. The molecule has 1 unspecified atom stereocenters. The summed E-state index contributed by atoms with van der Waals surface area (Å²) in [5, 5.41) is 0. The maximum atomic E-state index is 3.92. The molecule has 154 valence electrons. The molecule has 1 heteroatoms. The number of hydrogen-bond donors (Lipinski definition) is 0. The van der Waals surface area contributed by atoms with Gasteiger partial charge in [0.25, 0.3) is 0 Å². The van der Waals surface area contributed by atoms with E-state index < -0.39 is 0 Å². The van der Waals surface area contributed by atoms with Gasteiger partial charge in [0, 0.05) is 9.89 Å². The third kappa shape index (κ3) is 4.03. The van der Waals surface area contributed by atoms with Crippen LogP contribution in [0.1, 0.15) is 40.3 Å². The van der Waals surface area contributed by atoms with Crippen LogP contribution < -0.4 is 0 Å². The summed E-state index contributed by atoms with van der Waals surface area (Å²) in [5.74, 6) is 0. The van der Waals surface area contributed by atoms with Gasteiger partial charge >= 0.3 is 0 Å². The van der Waals surface area contributed by atoms with E-state index in [1.165, 1.54) is 38.9 Å². The Hall–Kier alpha value is -2.90. The molecule has 0 amide bonds. The maximum absolute atomic E-state index is 3.92. The summed E-state index contributed by atoms with van der Waals surface area (Å²) in [4.78, 5) is 0. The minimum atomic E-state index is -0.306. The fourth-order valence-corrected chi connectivity index (χ4v) is 4.75.